The molecule has 72 valence electrons. The smallest absolute Gasteiger partial charge is 0.249 e. The summed E-state index contributed by atoms with van der Waals surface area (Å²) in [5.41, 5.74) is 1.11. The van der Waals surface area contributed by atoms with E-state index in [2.05, 4.69) is 4.85 Å². The van der Waals surface area contributed by atoms with Crippen molar-refractivity contribution < 1.29 is 4.74 Å². The minimum atomic E-state index is 0.0238. The molecule has 1 heterocycles. The van der Waals surface area contributed by atoms with E-state index in [1.807, 2.05) is 24.3 Å². The molecule has 0 saturated carbocycles. The van der Waals surface area contributed by atoms with E-state index in [9.17, 15) is 0 Å². The summed E-state index contributed by atoms with van der Waals surface area (Å²) in [4.78, 5) is 3.48. The van der Waals surface area contributed by atoms with Crippen LogP contribution in [0.4, 0.5) is 0 Å². The summed E-state index contributed by atoms with van der Waals surface area (Å²) in [6, 6.07) is 7.64. The second-order valence-electron chi connectivity index (χ2n) is 3.39. The van der Waals surface area contributed by atoms with Gasteiger partial charge in [0.25, 0.3) is 0 Å². The Bertz CT molecular complexity index is 355. The summed E-state index contributed by atoms with van der Waals surface area (Å²) >= 11 is 5.78. The van der Waals surface area contributed by atoms with E-state index in [-0.39, 0.29) is 12.1 Å². The van der Waals surface area contributed by atoms with E-state index >= 15 is 0 Å². The van der Waals surface area contributed by atoms with Crippen molar-refractivity contribution in [3.8, 4) is 0 Å². The quantitative estimate of drug-likeness (QED) is 0.646. The minimum absolute atomic E-state index is 0.0238. The first-order valence-electron chi connectivity index (χ1n) is 4.53. The summed E-state index contributed by atoms with van der Waals surface area (Å²) in [5.74, 6) is 0. The van der Waals surface area contributed by atoms with Crippen molar-refractivity contribution in [3.05, 3.63) is 46.3 Å². The van der Waals surface area contributed by atoms with Crippen molar-refractivity contribution in [1.82, 2.24) is 0 Å². The summed E-state index contributed by atoms with van der Waals surface area (Å²) in [6.45, 7) is 7.46. The lowest BCUT2D eigenvalue weighted by atomic mass is 10.1. The second kappa shape index (κ2) is 4.00. The molecule has 1 fully saturated rings. The third-order valence-electron chi connectivity index (χ3n) is 2.40. The van der Waals surface area contributed by atoms with E-state index in [1.165, 1.54) is 0 Å². The van der Waals surface area contributed by atoms with Crippen molar-refractivity contribution in [3.63, 3.8) is 0 Å². The topological polar surface area (TPSA) is 13.6 Å². The SMILES string of the molecule is [C-]#[N+][C@@H]1CO[C@@H](c2ccc(Cl)cc2)C1. The van der Waals surface area contributed by atoms with Gasteiger partial charge in [0, 0.05) is 5.02 Å². The maximum Gasteiger partial charge on any atom is 0.249 e. The van der Waals surface area contributed by atoms with Gasteiger partial charge in [-0.2, -0.15) is 0 Å². The second-order valence-corrected chi connectivity index (χ2v) is 3.83. The van der Waals surface area contributed by atoms with Crippen molar-refractivity contribution in [2.45, 2.75) is 18.6 Å². The Hall–Kier alpha value is -1.04. The van der Waals surface area contributed by atoms with Gasteiger partial charge in [0.1, 0.15) is 6.61 Å². The lowest BCUT2D eigenvalue weighted by Gasteiger charge is -2.07. The predicted octanol–water partition coefficient (Wildman–Crippen LogP) is 3.09. The Morgan fingerprint density at radius 3 is 2.64 bits per heavy atom. The number of nitrogens with zero attached hydrogens (tertiary/aromatic N) is 1. The zero-order chi connectivity index (χ0) is 9.97. The third-order valence-corrected chi connectivity index (χ3v) is 2.65. The summed E-state index contributed by atoms with van der Waals surface area (Å²) in [5, 5.41) is 0.730. The van der Waals surface area contributed by atoms with Gasteiger partial charge in [-0.3, -0.25) is 0 Å². The first-order chi connectivity index (χ1) is 6.79. The van der Waals surface area contributed by atoms with Crippen molar-refractivity contribution >= 4 is 11.6 Å². The summed E-state index contributed by atoms with van der Waals surface area (Å²) in [6.07, 6.45) is 0.872. The average Bonchev–Trinajstić information content (AvgIpc) is 2.67. The molecule has 2 nitrogen and oxygen atoms in total. The Kier molecular flexibility index (Phi) is 2.72. The maximum atomic E-state index is 6.91. The highest BCUT2D eigenvalue weighted by molar-refractivity contribution is 6.30. The monoisotopic (exact) mass is 207 g/mol. The Morgan fingerprint density at radius 2 is 2.07 bits per heavy atom. The van der Waals surface area contributed by atoms with Gasteiger partial charge in [-0.25, -0.2) is 6.57 Å². The molecule has 0 aromatic heterocycles. The van der Waals surface area contributed by atoms with Crippen LogP contribution in [0.5, 0.6) is 0 Å². The molecule has 1 saturated heterocycles. The standard InChI is InChI=1S/C11H10ClNO/c1-13-10-6-11(14-7-10)8-2-4-9(12)5-3-8/h2-5,10-11H,6-7H2/t10-,11+/m0/s1. The zero-order valence-electron chi connectivity index (χ0n) is 7.61. The number of halogens is 1. The molecule has 0 spiro atoms. The van der Waals surface area contributed by atoms with E-state index < -0.39 is 0 Å². The minimum Gasteiger partial charge on any atom is -0.365 e. The summed E-state index contributed by atoms with van der Waals surface area (Å²) in [7, 11) is 0. The molecule has 2 rings (SSSR count). The van der Waals surface area contributed by atoms with Crippen molar-refractivity contribution in [1.29, 1.82) is 0 Å². The highest BCUT2D eigenvalue weighted by Crippen LogP contribution is 2.30. The molecule has 0 unspecified atom stereocenters. The summed E-state index contributed by atoms with van der Waals surface area (Å²) < 4.78 is 5.53. The van der Waals surface area contributed by atoms with Gasteiger partial charge in [-0.1, -0.05) is 23.7 Å². The van der Waals surface area contributed by atoms with Crippen LogP contribution in [0.3, 0.4) is 0 Å². The first-order valence-corrected chi connectivity index (χ1v) is 4.91. The molecule has 3 heteroatoms. The molecule has 1 aliphatic rings. The lowest BCUT2D eigenvalue weighted by Crippen LogP contribution is -1.98. The first kappa shape index (κ1) is 9.51. The Balaban J connectivity index is 2.10. The van der Waals surface area contributed by atoms with Crippen LogP contribution >= 0.6 is 11.6 Å². The number of ether oxygens (including phenoxy) is 1. The van der Waals surface area contributed by atoms with Crippen LogP contribution in [0.1, 0.15) is 18.1 Å². The van der Waals surface area contributed by atoms with Gasteiger partial charge in [0.05, 0.1) is 12.5 Å². The van der Waals surface area contributed by atoms with Crippen LogP contribution in [0.2, 0.25) is 5.02 Å². The molecule has 0 radical (unpaired) electrons. The van der Waals surface area contributed by atoms with E-state index in [1.54, 1.807) is 0 Å². The van der Waals surface area contributed by atoms with E-state index in [4.69, 9.17) is 22.9 Å². The van der Waals surface area contributed by atoms with Crippen LogP contribution in [-0.2, 0) is 4.74 Å². The Labute approximate surface area is 88.3 Å². The number of benzene rings is 1. The maximum absolute atomic E-state index is 6.91. The zero-order valence-corrected chi connectivity index (χ0v) is 8.37. The number of hydrogen-bond acceptors (Lipinski definition) is 1. The van der Waals surface area contributed by atoms with E-state index in [0.29, 0.717) is 6.61 Å². The molecule has 1 aromatic carbocycles. The van der Waals surface area contributed by atoms with Crippen LogP contribution < -0.4 is 0 Å². The molecule has 0 aliphatic carbocycles. The fourth-order valence-corrected chi connectivity index (χ4v) is 1.74. The fourth-order valence-electron chi connectivity index (χ4n) is 1.61. The molecule has 1 aromatic rings. The van der Waals surface area contributed by atoms with Crippen LogP contribution in [0.15, 0.2) is 24.3 Å². The molecule has 0 bridgehead atoms. The van der Waals surface area contributed by atoms with Crippen LogP contribution in [0.25, 0.3) is 4.85 Å². The fraction of sp³-hybridized carbons (Fsp3) is 0.364. The largest absolute Gasteiger partial charge is 0.365 e. The third kappa shape index (κ3) is 1.89. The Morgan fingerprint density at radius 1 is 1.36 bits per heavy atom. The molecular formula is C11H10ClNO. The molecular weight excluding hydrogens is 198 g/mol. The van der Waals surface area contributed by atoms with Gasteiger partial charge < -0.3 is 9.58 Å². The van der Waals surface area contributed by atoms with Crippen molar-refractivity contribution in [2.75, 3.05) is 6.61 Å². The van der Waals surface area contributed by atoms with Gasteiger partial charge in [0.2, 0.25) is 6.04 Å². The average molecular weight is 208 g/mol. The molecule has 0 amide bonds. The molecule has 1 aliphatic heterocycles. The highest BCUT2D eigenvalue weighted by atomic mass is 35.5. The lowest BCUT2D eigenvalue weighted by molar-refractivity contribution is 0.111. The van der Waals surface area contributed by atoms with E-state index in [0.717, 1.165) is 17.0 Å². The normalized spacial score (nSPS) is 26.0. The van der Waals surface area contributed by atoms with Crippen LogP contribution in [0, 0.1) is 6.57 Å². The molecule has 2 atom stereocenters. The molecule has 14 heavy (non-hydrogen) atoms. The molecule has 0 N–H and O–H groups in total. The van der Waals surface area contributed by atoms with Gasteiger partial charge in [-0.05, 0) is 17.7 Å². The van der Waals surface area contributed by atoms with Crippen molar-refractivity contribution in [2.24, 2.45) is 0 Å². The van der Waals surface area contributed by atoms with Gasteiger partial charge >= 0.3 is 0 Å². The predicted molar refractivity (Wildman–Crippen MR) is 55.2 cm³/mol. The van der Waals surface area contributed by atoms with Gasteiger partial charge in [-0.15, -0.1) is 0 Å². The highest BCUT2D eigenvalue weighted by Gasteiger charge is 2.30. The van der Waals surface area contributed by atoms with Crippen LogP contribution in [-0.4, -0.2) is 12.6 Å². The van der Waals surface area contributed by atoms with Gasteiger partial charge in [0.15, 0.2) is 0 Å². The number of rotatable bonds is 1. The number of hydrogen-bond donors (Lipinski definition) is 0.